The van der Waals surface area contributed by atoms with Crippen LogP contribution in [0.1, 0.15) is 44.2 Å². The van der Waals surface area contributed by atoms with Crippen molar-refractivity contribution in [1.82, 2.24) is 4.31 Å². The minimum atomic E-state index is -3.46. The molecule has 0 spiro atoms. The van der Waals surface area contributed by atoms with Gasteiger partial charge in [-0.2, -0.15) is 9.57 Å². The second-order valence-electron chi connectivity index (χ2n) is 5.89. The quantitative estimate of drug-likeness (QED) is 0.859. The molecule has 0 saturated carbocycles. The van der Waals surface area contributed by atoms with Crippen molar-refractivity contribution in [3.05, 3.63) is 29.3 Å². The minimum Gasteiger partial charge on any atom is -0.207 e. The maximum Gasteiger partial charge on any atom is 0.243 e. The molecule has 0 aliphatic carbocycles. The number of aryl methyl sites for hydroxylation is 1. The van der Waals surface area contributed by atoms with Crippen LogP contribution in [0.3, 0.4) is 0 Å². The number of hydrogen-bond donors (Lipinski definition) is 0. The van der Waals surface area contributed by atoms with Gasteiger partial charge in [0.15, 0.2) is 0 Å². The van der Waals surface area contributed by atoms with E-state index in [4.69, 9.17) is 5.26 Å². The van der Waals surface area contributed by atoms with Gasteiger partial charge in [-0.15, -0.1) is 0 Å². The average molecular weight is 306 g/mol. The van der Waals surface area contributed by atoms with Crippen LogP contribution in [-0.2, 0) is 10.0 Å². The van der Waals surface area contributed by atoms with Gasteiger partial charge in [0.1, 0.15) is 0 Å². The molecule has 1 aromatic carbocycles. The Kier molecular flexibility index (Phi) is 4.40. The molecule has 0 unspecified atom stereocenters. The first-order chi connectivity index (χ1) is 9.88. The van der Waals surface area contributed by atoms with Crippen molar-refractivity contribution in [3.8, 4) is 6.07 Å². The summed E-state index contributed by atoms with van der Waals surface area (Å²) in [5.41, 5.74) is 1.25. The Labute approximate surface area is 127 Å². The molecule has 1 aliphatic rings. The number of nitriles is 1. The van der Waals surface area contributed by atoms with Gasteiger partial charge in [0.2, 0.25) is 10.0 Å². The molecule has 1 aromatic rings. The van der Waals surface area contributed by atoms with Gasteiger partial charge in [-0.05, 0) is 55.4 Å². The second-order valence-corrected chi connectivity index (χ2v) is 7.79. The molecular formula is C16H22N2O2S. The number of rotatable bonds is 4. The summed E-state index contributed by atoms with van der Waals surface area (Å²) >= 11 is 0. The topological polar surface area (TPSA) is 61.2 Å². The van der Waals surface area contributed by atoms with Crippen molar-refractivity contribution < 1.29 is 8.42 Å². The van der Waals surface area contributed by atoms with E-state index in [0.717, 1.165) is 19.3 Å². The first-order valence-electron chi connectivity index (χ1n) is 7.39. The van der Waals surface area contributed by atoms with E-state index in [2.05, 4.69) is 13.8 Å². The molecule has 0 aromatic heterocycles. The molecule has 0 atom stereocenters. The normalized spacial score (nSPS) is 18.6. The first kappa shape index (κ1) is 16.0. The Morgan fingerprint density at radius 2 is 2.00 bits per heavy atom. The summed E-state index contributed by atoms with van der Waals surface area (Å²) < 4.78 is 27.2. The number of nitrogens with zero attached hydrogens (tertiary/aromatic N) is 2. The molecule has 114 valence electrons. The van der Waals surface area contributed by atoms with Crippen molar-refractivity contribution in [3.63, 3.8) is 0 Å². The first-order valence-corrected chi connectivity index (χ1v) is 8.83. The number of benzene rings is 1. The smallest absolute Gasteiger partial charge is 0.207 e. The highest BCUT2D eigenvalue weighted by Crippen LogP contribution is 2.39. The van der Waals surface area contributed by atoms with Crippen molar-refractivity contribution in [2.24, 2.45) is 5.41 Å². The average Bonchev–Trinajstić information content (AvgIpc) is 2.92. The highest BCUT2D eigenvalue weighted by Gasteiger charge is 2.40. The van der Waals surface area contributed by atoms with Gasteiger partial charge in [-0.3, -0.25) is 0 Å². The van der Waals surface area contributed by atoms with E-state index in [1.54, 1.807) is 29.4 Å². The summed E-state index contributed by atoms with van der Waals surface area (Å²) in [6, 6.07) is 6.80. The summed E-state index contributed by atoms with van der Waals surface area (Å²) in [4.78, 5) is 0.324. The van der Waals surface area contributed by atoms with E-state index >= 15 is 0 Å². The summed E-state index contributed by atoms with van der Waals surface area (Å²) in [6.45, 7) is 7.20. The fourth-order valence-electron chi connectivity index (χ4n) is 3.07. The zero-order valence-electron chi connectivity index (χ0n) is 12.9. The lowest BCUT2D eigenvalue weighted by molar-refractivity contribution is 0.279. The number of sulfonamides is 1. The number of hydrogen-bond acceptors (Lipinski definition) is 3. The van der Waals surface area contributed by atoms with Crippen molar-refractivity contribution in [2.75, 3.05) is 13.1 Å². The maximum absolute atomic E-state index is 12.8. The van der Waals surface area contributed by atoms with Crippen LogP contribution in [-0.4, -0.2) is 25.8 Å². The SMILES string of the molecule is CCC1(CC)CCN(S(=O)(=O)c2ccc(C#N)cc2C)C1. The summed E-state index contributed by atoms with van der Waals surface area (Å²) in [7, 11) is -3.46. The third kappa shape index (κ3) is 2.83. The van der Waals surface area contributed by atoms with Gasteiger partial charge in [-0.25, -0.2) is 8.42 Å². The van der Waals surface area contributed by atoms with Crippen LogP contribution in [0.2, 0.25) is 0 Å². The van der Waals surface area contributed by atoms with E-state index in [1.165, 1.54) is 0 Å². The predicted molar refractivity (Wildman–Crippen MR) is 82.3 cm³/mol. The van der Waals surface area contributed by atoms with E-state index in [9.17, 15) is 8.42 Å². The molecule has 0 N–H and O–H groups in total. The third-order valence-electron chi connectivity index (χ3n) is 4.83. The minimum absolute atomic E-state index is 0.119. The van der Waals surface area contributed by atoms with Crippen molar-refractivity contribution >= 4 is 10.0 Å². The van der Waals surface area contributed by atoms with Gasteiger partial charge in [0.05, 0.1) is 16.5 Å². The molecule has 4 nitrogen and oxygen atoms in total. The van der Waals surface area contributed by atoms with Crippen LogP contribution < -0.4 is 0 Å². The summed E-state index contributed by atoms with van der Waals surface area (Å²) in [5.74, 6) is 0. The molecule has 1 heterocycles. The molecular weight excluding hydrogens is 284 g/mol. The van der Waals surface area contributed by atoms with Crippen molar-refractivity contribution in [1.29, 1.82) is 5.26 Å². The van der Waals surface area contributed by atoms with Gasteiger partial charge < -0.3 is 0 Å². The Balaban J connectivity index is 2.34. The molecule has 0 amide bonds. The van der Waals surface area contributed by atoms with Gasteiger partial charge in [0.25, 0.3) is 0 Å². The second kappa shape index (κ2) is 5.78. The fraction of sp³-hybridized carbons (Fsp3) is 0.562. The van der Waals surface area contributed by atoms with Crippen LogP contribution in [0.4, 0.5) is 0 Å². The van der Waals surface area contributed by atoms with Gasteiger partial charge in [-0.1, -0.05) is 13.8 Å². The lowest BCUT2D eigenvalue weighted by Gasteiger charge is -2.26. The van der Waals surface area contributed by atoms with Gasteiger partial charge >= 0.3 is 0 Å². The van der Waals surface area contributed by atoms with Gasteiger partial charge in [0, 0.05) is 13.1 Å². The zero-order valence-corrected chi connectivity index (χ0v) is 13.7. The lowest BCUT2D eigenvalue weighted by atomic mass is 9.82. The third-order valence-corrected chi connectivity index (χ3v) is 6.83. The standard InChI is InChI=1S/C16H22N2O2S/c1-4-16(5-2)8-9-18(12-16)21(19,20)15-7-6-14(11-17)10-13(15)3/h6-7,10H,4-5,8-9,12H2,1-3H3. The molecule has 21 heavy (non-hydrogen) atoms. The molecule has 1 aliphatic heterocycles. The largest absolute Gasteiger partial charge is 0.243 e. The van der Waals surface area contributed by atoms with Crippen LogP contribution in [0.5, 0.6) is 0 Å². The van der Waals surface area contributed by atoms with E-state index in [1.807, 2.05) is 6.07 Å². The summed E-state index contributed by atoms with van der Waals surface area (Å²) in [6.07, 6.45) is 2.93. The highest BCUT2D eigenvalue weighted by atomic mass is 32.2. The summed E-state index contributed by atoms with van der Waals surface area (Å²) in [5, 5.41) is 8.89. The fourth-order valence-corrected chi connectivity index (χ4v) is 4.83. The van der Waals surface area contributed by atoms with Crippen molar-refractivity contribution in [2.45, 2.75) is 44.9 Å². The molecule has 1 saturated heterocycles. The lowest BCUT2D eigenvalue weighted by Crippen LogP contribution is -2.32. The predicted octanol–water partition coefficient (Wildman–Crippen LogP) is 3.07. The molecule has 0 bridgehead atoms. The molecule has 0 radical (unpaired) electrons. The molecule has 5 heteroatoms. The highest BCUT2D eigenvalue weighted by molar-refractivity contribution is 7.89. The van der Waals surface area contributed by atoms with E-state index in [0.29, 0.717) is 29.1 Å². The Morgan fingerprint density at radius 1 is 1.33 bits per heavy atom. The Hall–Kier alpha value is -1.38. The van der Waals surface area contributed by atoms with E-state index in [-0.39, 0.29) is 5.41 Å². The zero-order chi connectivity index (χ0) is 15.7. The monoisotopic (exact) mass is 306 g/mol. The van der Waals surface area contributed by atoms with Crippen LogP contribution in [0.15, 0.2) is 23.1 Å². The van der Waals surface area contributed by atoms with Crippen LogP contribution >= 0.6 is 0 Å². The molecule has 2 rings (SSSR count). The van der Waals surface area contributed by atoms with Crippen LogP contribution in [0, 0.1) is 23.7 Å². The Morgan fingerprint density at radius 3 is 2.48 bits per heavy atom. The molecule has 1 fully saturated rings. The van der Waals surface area contributed by atoms with Crippen LogP contribution in [0.25, 0.3) is 0 Å². The Bertz CT molecular complexity index is 670. The van der Waals surface area contributed by atoms with E-state index < -0.39 is 10.0 Å². The maximum atomic E-state index is 12.8.